The van der Waals surface area contributed by atoms with Crippen molar-refractivity contribution in [2.75, 3.05) is 26.2 Å². The third-order valence-corrected chi connectivity index (χ3v) is 4.30. The second kappa shape index (κ2) is 7.38. The fraction of sp³-hybridized carbons (Fsp3) is 0.529. The SMILES string of the molecule is CCN(CC)C(=O)C1CCN(C(=O)c2ccc(F)cc2)CC1. The maximum atomic E-state index is 12.9. The van der Waals surface area contributed by atoms with Crippen LogP contribution in [0.2, 0.25) is 0 Å². The number of rotatable bonds is 4. The topological polar surface area (TPSA) is 40.6 Å². The van der Waals surface area contributed by atoms with Gasteiger partial charge in [0.2, 0.25) is 5.91 Å². The minimum Gasteiger partial charge on any atom is -0.343 e. The van der Waals surface area contributed by atoms with Crippen LogP contribution in [0.25, 0.3) is 0 Å². The van der Waals surface area contributed by atoms with Gasteiger partial charge in [0.15, 0.2) is 0 Å². The second-order valence-corrected chi connectivity index (χ2v) is 5.58. The average Bonchev–Trinajstić information content (AvgIpc) is 2.56. The first kappa shape index (κ1) is 16.5. The van der Waals surface area contributed by atoms with E-state index in [2.05, 4.69) is 0 Å². The molecule has 1 heterocycles. The van der Waals surface area contributed by atoms with E-state index in [0.29, 0.717) is 31.5 Å². The van der Waals surface area contributed by atoms with Crippen LogP contribution in [0.3, 0.4) is 0 Å². The molecular formula is C17H23FN2O2. The molecule has 2 amide bonds. The largest absolute Gasteiger partial charge is 0.343 e. The van der Waals surface area contributed by atoms with E-state index in [9.17, 15) is 14.0 Å². The van der Waals surface area contributed by atoms with Crippen molar-refractivity contribution >= 4 is 11.8 Å². The summed E-state index contributed by atoms with van der Waals surface area (Å²) in [5, 5.41) is 0. The van der Waals surface area contributed by atoms with Crippen LogP contribution in [0, 0.1) is 11.7 Å². The van der Waals surface area contributed by atoms with Gasteiger partial charge in [0.25, 0.3) is 5.91 Å². The lowest BCUT2D eigenvalue weighted by Crippen LogP contribution is -2.44. The summed E-state index contributed by atoms with van der Waals surface area (Å²) in [6, 6.07) is 5.60. The van der Waals surface area contributed by atoms with Crippen molar-refractivity contribution in [3.63, 3.8) is 0 Å². The lowest BCUT2D eigenvalue weighted by molar-refractivity contribution is -0.136. The smallest absolute Gasteiger partial charge is 0.253 e. The molecule has 1 fully saturated rings. The predicted octanol–water partition coefficient (Wildman–Crippen LogP) is 2.55. The number of halogens is 1. The van der Waals surface area contributed by atoms with E-state index < -0.39 is 0 Å². The first-order valence-electron chi connectivity index (χ1n) is 7.90. The minimum atomic E-state index is -0.347. The van der Waals surface area contributed by atoms with Gasteiger partial charge in [0, 0.05) is 37.7 Å². The van der Waals surface area contributed by atoms with E-state index in [4.69, 9.17) is 0 Å². The number of piperidine rings is 1. The van der Waals surface area contributed by atoms with E-state index in [1.54, 1.807) is 4.90 Å². The van der Waals surface area contributed by atoms with Crippen molar-refractivity contribution in [3.8, 4) is 0 Å². The van der Waals surface area contributed by atoms with Crippen molar-refractivity contribution in [2.45, 2.75) is 26.7 Å². The molecule has 0 spiro atoms. The monoisotopic (exact) mass is 306 g/mol. The summed E-state index contributed by atoms with van der Waals surface area (Å²) in [7, 11) is 0. The summed E-state index contributed by atoms with van der Waals surface area (Å²) >= 11 is 0. The van der Waals surface area contributed by atoms with E-state index in [0.717, 1.165) is 13.1 Å². The highest BCUT2D eigenvalue weighted by Gasteiger charge is 2.29. The van der Waals surface area contributed by atoms with Crippen molar-refractivity contribution in [1.29, 1.82) is 0 Å². The summed E-state index contributed by atoms with van der Waals surface area (Å²) in [4.78, 5) is 28.3. The third-order valence-electron chi connectivity index (χ3n) is 4.30. The molecule has 1 aromatic carbocycles. The molecule has 5 heteroatoms. The zero-order valence-corrected chi connectivity index (χ0v) is 13.2. The number of benzene rings is 1. The number of carbonyl (C=O) groups is 2. The quantitative estimate of drug-likeness (QED) is 0.858. The number of hydrogen-bond acceptors (Lipinski definition) is 2. The van der Waals surface area contributed by atoms with Crippen molar-refractivity contribution in [1.82, 2.24) is 9.80 Å². The number of carbonyl (C=O) groups excluding carboxylic acids is 2. The summed E-state index contributed by atoms with van der Waals surface area (Å²) in [6.45, 7) is 6.57. The molecule has 0 unspecified atom stereocenters. The molecule has 0 aliphatic carbocycles. The van der Waals surface area contributed by atoms with Crippen LogP contribution in [0.15, 0.2) is 24.3 Å². The zero-order chi connectivity index (χ0) is 16.1. The lowest BCUT2D eigenvalue weighted by Gasteiger charge is -2.33. The maximum absolute atomic E-state index is 12.9. The van der Waals surface area contributed by atoms with Gasteiger partial charge in [-0.25, -0.2) is 4.39 Å². The lowest BCUT2D eigenvalue weighted by atomic mass is 9.94. The molecule has 2 rings (SSSR count). The highest BCUT2D eigenvalue weighted by atomic mass is 19.1. The molecule has 22 heavy (non-hydrogen) atoms. The third kappa shape index (κ3) is 3.64. The van der Waals surface area contributed by atoms with Crippen molar-refractivity contribution in [2.24, 2.45) is 5.92 Å². The van der Waals surface area contributed by atoms with E-state index in [-0.39, 0.29) is 23.5 Å². The van der Waals surface area contributed by atoms with Crippen LogP contribution in [-0.4, -0.2) is 47.8 Å². The molecular weight excluding hydrogens is 283 g/mol. The molecule has 0 radical (unpaired) electrons. The van der Waals surface area contributed by atoms with Crippen LogP contribution in [0.4, 0.5) is 4.39 Å². The molecule has 0 saturated carbocycles. The van der Waals surface area contributed by atoms with Crippen LogP contribution < -0.4 is 0 Å². The Hall–Kier alpha value is -1.91. The Kier molecular flexibility index (Phi) is 5.52. The van der Waals surface area contributed by atoms with Gasteiger partial charge < -0.3 is 9.80 Å². The fourth-order valence-corrected chi connectivity index (χ4v) is 2.90. The van der Waals surface area contributed by atoms with Crippen LogP contribution in [0.5, 0.6) is 0 Å². The van der Waals surface area contributed by atoms with Gasteiger partial charge >= 0.3 is 0 Å². The van der Waals surface area contributed by atoms with Crippen LogP contribution >= 0.6 is 0 Å². The molecule has 0 N–H and O–H groups in total. The Morgan fingerprint density at radius 3 is 2.18 bits per heavy atom. The van der Waals surface area contributed by atoms with E-state index >= 15 is 0 Å². The summed E-state index contributed by atoms with van der Waals surface area (Å²) in [5.41, 5.74) is 0.495. The van der Waals surface area contributed by atoms with E-state index in [1.165, 1.54) is 24.3 Å². The fourth-order valence-electron chi connectivity index (χ4n) is 2.90. The number of nitrogens with zero attached hydrogens (tertiary/aromatic N) is 2. The molecule has 120 valence electrons. The van der Waals surface area contributed by atoms with Crippen molar-refractivity contribution < 1.29 is 14.0 Å². The molecule has 1 aliphatic rings. The standard InChI is InChI=1S/C17H23FN2O2/c1-3-19(4-2)16(21)14-9-11-20(12-10-14)17(22)13-5-7-15(18)8-6-13/h5-8,14H,3-4,9-12H2,1-2H3. The zero-order valence-electron chi connectivity index (χ0n) is 13.2. The first-order chi connectivity index (χ1) is 10.6. The Labute approximate surface area is 130 Å². The van der Waals surface area contributed by atoms with Crippen molar-refractivity contribution in [3.05, 3.63) is 35.6 Å². The molecule has 4 nitrogen and oxygen atoms in total. The maximum Gasteiger partial charge on any atom is 0.253 e. The molecule has 1 aromatic rings. The average molecular weight is 306 g/mol. The highest BCUT2D eigenvalue weighted by molar-refractivity contribution is 5.94. The van der Waals surface area contributed by atoms with E-state index in [1.807, 2.05) is 18.7 Å². The molecule has 0 atom stereocenters. The van der Waals surface area contributed by atoms with Gasteiger partial charge in [-0.1, -0.05) is 0 Å². The summed E-state index contributed by atoms with van der Waals surface area (Å²) in [5.74, 6) is -0.232. The molecule has 0 bridgehead atoms. The number of likely N-dealkylation sites (tertiary alicyclic amines) is 1. The molecule has 1 saturated heterocycles. The number of amides is 2. The van der Waals surface area contributed by atoms with Gasteiger partial charge in [-0.15, -0.1) is 0 Å². The Morgan fingerprint density at radius 2 is 1.68 bits per heavy atom. The van der Waals surface area contributed by atoms with Crippen LogP contribution in [-0.2, 0) is 4.79 Å². The first-order valence-corrected chi connectivity index (χ1v) is 7.90. The second-order valence-electron chi connectivity index (χ2n) is 5.58. The van der Waals surface area contributed by atoms with Gasteiger partial charge in [0.1, 0.15) is 5.82 Å². The Balaban J connectivity index is 1.93. The number of hydrogen-bond donors (Lipinski definition) is 0. The Bertz CT molecular complexity index is 518. The van der Waals surface area contributed by atoms with Gasteiger partial charge in [-0.3, -0.25) is 9.59 Å². The Morgan fingerprint density at radius 1 is 1.14 bits per heavy atom. The summed E-state index contributed by atoms with van der Waals surface area (Å²) < 4.78 is 12.9. The van der Waals surface area contributed by atoms with Crippen LogP contribution in [0.1, 0.15) is 37.0 Å². The highest BCUT2D eigenvalue weighted by Crippen LogP contribution is 2.21. The molecule has 1 aliphatic heterocycles. The molecule has 0 aromatic heterocycles. The van der Waals surface area contributed by atoms with Gasteiger partial charge in [0.05, 0.1) is 0 Å². The van der Waals surface area contributed by atoms with Gasteiger partial charge in [-0.2, -0.15) is 0 Å². The minimum absolute atomic E-state index is 0.0113. The van der Waals surface area contributed by atoms with Gasteiger partial charge in [-0.05, 0) is 51.0 Å². The predicted molar refractivity (Wildman–Crippen MR) is 83.0 cm³/mol. The summed E-state index contributed by atoms with van der Waals surface area (Å²) in [6.07, 6.45) is 1.39. The normalized spacial score (nSPS) is 15.7.